The van der Waals surface area contributed by atoms with Crippen molar-refractivity contribution in [3.05, 3.63) is 106 Å². The summed E-state index contributed by atoms with van der Waals surface area (Å²) in [6.07, 6.45) is 3.94. The molecule has 8 bridgehead atoms. The number of aromatic nitrogens is 2. The first kappa shape index (κ1) is 18.3. The molecule has 0 N–H and O–H groups in total. The normalized spacial score (nSPS) is 13.1. The Morgan fingerprint density at radius 3 is 2.07 bits per heavy atom. The van der Waals surface area contributed by atoms with Crippen LogP contribution >= 0.6 is 15.9 Å². The zero-order chi connectivity index (χ0) is 19.6. The number of benzene rings is 2. The van der Waals surface area contributed by atoms with Gasteiger partial charge in [0.15, 0.2) is 0 Å². The molecule has 3 heterocycles. The second-order valence-corrected chi connectivity index (χ2v) is 8.52. The topological polar surface area (TPSA) is 25.8 Å². The van der Waals surface area contributed by atoms with Crippen LogP contribution in [0.15, 0.2) is 83.3 Å². The Morgan fingerprint density at radius 2 is 1.28 bits per heavy atom. The molecule has 142 valence electrons. The van der Waals surface area contributed by atoms with Crippen molar-refractivity contribution in [3.63, 3.8) is 0 Å². The molecule has 0 amide bonds. The van der Waals surface area contributed by atoms with Crippen molar-refractivity contribution in [2.24, 2.45) is 0 Å². The molecule has 0 saturated carbocycles. The highest BCUT2D eigenvalue weighted by Crippen LogP contribution is 2.26. The van der Waals surface area contributed by atoms with Crippen molar-refractivity contribution in [2.45, 2.75) is 25.7 Å². The van der Waals surface area contributed by atoms with Gasteiger partial charge in [-0.15, -0.1) is 0 Å². The van der Waals surface area contributed by atoms with E-state index in [0.29, 0.717) is 0 Å². The van der Waals surface area contributed by atoms with Crippen LogP contribution in [-0.4, -0.2) is 9.97 Å². The number of fused-ring (bicyclic) bond motifs is 10. The van der Waals surface area contributed by atoms with Crippen molar-refractivity contribution >= 4 is 15.9 Å². The maximum atomic E-state index is 4.93. The van der Waals surface area contributed by atoms with Crippen LogP contribution in [0.3, 0.4) is 0 Å². The molecule has 0 spiro atoms. The van der Waals surface area contributed by atoms with Crippen LogP contribution in [0, 0.1) is 0 Å². The van der Waals surface area contributed by atoms with E-state index >= 15 is 0 Å². The van der Waals surface area contributed by atoms with Crippen molar-refractivity contribution in [1.29, 1.82) is 0 Å². The van der Waals surface area contributed by atoms with E-state index in [0.717, 1.165) is 58.5 Å². The highest BCUT2D eigenvalue weighted by Gasteiger charge is 2.09. The average Bonchev–Trinajstić information content (AvgIpc) is 2.73. The average molecular weight is 441 g/mol. The summed E-state index contributed by atoms with van der Waals surface area (Å²) < 4.78 is 1.11. The highest BCUT2D eigenvalue weighted by molar-refractivity contribution is 9.10. The minimum Gasteiger partial charge on any atom is -0.252 e. The smallest absolute Gasteiger partial charge is 0.0705 e. The third-order valence-corrected chi connectivity index (χ3v) is 5.84. The lowest BCUT2D eigenvalue weighted by Gasteiger charge is -2.11. The first-order chi connectivity index (χ1) is 14.2. The molecule has 0 fully saturated rings. The molecule has 0 radical (unpaired) electrons. The number of nitrogens with zero attached hydrogens (tertiary/aromatic N) is 2. The Morgan fingerprint density at radius 1 is 0.621 bits per heavy atom. The second kappa shape index (κ2) is 7.92. The van der Waals surface area contributed by atoms with Crippen molar-refractivity contribution < 1.29 is 0 Å². The largest absolute Gasteiger partial charge is 0.252 e. The van der Waals surface area contributed by atoms with E-state index in [1.54, 1.807) is 0 Å². The molecular formula is C26H21BrN2. The molecule has 2 aromatic heterocycles. The van der Waals surface area contributed by atoms with Gasteiger partial charge in [0.25, 0.3) is 0 Å². The van der Waals surface area contributed by atoms with Gasteiger partial charge in [-0.05, 0) is 78.9 Å². The van der Waals surface area contributed by atoms with Crippen LogP contribution in [0.1, 0.15) is 28.9 Å². The number of hydrogen-bond acceptors (Lipinski definition) is 2. The Balaban J connectivity index is 1.63. The van der Waals surface area contributed by atoms with Crippen molar-refractivity contribution in [2.75, 3.05) is 0 Å². The van der Waals surface area contributed by atoms with Gasteiger partial charge in [0.1, 0.15) is 0 Å². The lowest BCUT2D eigenvalue weighted by Crippen LogP contribution is -1.99. The fourth-order valence-corrected chi connectivity index (χ4v) is 4.53. The number of halogens is 1. The van der Waals surface area contributed by atoms with Crippen LogP contribution in [0.5, 0.6) is 0 Å². The van der Waals surface area contributed by atoms with E-state index < -0.39 is 0 Å². The van der Waals surface area contributed by atoms with Gasteiger partial charge in [0.2, 0.25) is 0 Å². The monoisotopic (exact) mass is 440 g/mol. The SMILES string of the molecule is Brc1cc2cc(c1)-c1cccc(n1)Cc1cccc(n1)-c1cccc(c1)CCC2. The summed E-state index contributed by atoms with van der Waals surface area (Å²) in [4.78, 5) is 9.85. The van der Waals surface area contributed by atoms with E-state index in [1.165, 1.54) is 16.7 Å². The third-order valence-electron chi connectivity index (χ3n) is 5.38. The summed E-state index contributed by atoms with van der Waals surface area (Å²) in [5.41, 5.74) is 9.17. The summed E-state index contributed by atoms with van der Waals surface area (Å²) in [6, 6.07) is 28.0. The molecule has 0 atom stereocenters. The standard InChI is InChI=1S/C26H21BrN2/c27-22-15-19-7-1-5-18-6-2-8-20(13-18)25-11-3-9-23(28-25)17-24-10-4-12-26(29-24)21(14-19)16-22/h2-4,6,8-16H,1,5,7,17H2. The molecule has 1 aliphatic rings. The summed E-state index contributed by atoms with van der Waals surface area (Å²) in [5, 5.41) is 0. The first-order valence-corrected chi connectivity index (χ1v) is 10.8. The van der Waals surface area contributed by atoms with Gasteiger partial charge in [-0.25, -0.2) is 0 Å². The maximum Gasteiger partial charge on any atom is 0.0705 e. The lowest BCUT2D eigenvalue weighted by molar-refractivity contribution is 0.820. The van der Waals surface area contributed by atoms with Crippen LogP contribution in [0.2, 0.25) is 0 Å². The molecule has 3 heteroatoms. The molecular weight excluding hydrogens is 420 g/mol. The number of rotatable bonds is 0. The van der Waals surface area contributed by atoms with E-state index in [-0.39, 0.29) is 0 Å². The molecule has 29 heavy (non-hydrogen) atoms. The van der Waals surface area contributed by atoms with E-state index in [1.807, 2.05) is 0 Å². The van der Waals surface area contributed by atoms with Crippen LogP contribution in [0.4, 0.5) is 0 Å². The zero-order valence-corrected chi connectivity index (χ0v) is 17.7. The third kappa shape index (κ3) is 4.15. The molecule has 2 nitrogen and oxygen atoms in total. The van der Waals surface area contributed by atoms with Gasteiger partial charge in [0.05, 0.1) is 11.4 Å². The Hall–Kier alpha value is -2.78. The Labute approximate surface area is 179 Å². The van der Waals surface area contributed by atoms with Gasteiger partial charge in [-0.3, -0.25) is 9.97 Å². The maximum absolute atomic E-state index is 4.93. The summed E-state index contributed by atoms with van der Waals surface area (Å²) >= 11 is 3.69. The molecule has 1 aliphatic heterocycles. The number of aryl methyl sites for hydroxylation is 2. The molecule has 0 unspecified atom stereocenters. The molecule has 2 aromatic carbocycles. The first-order valence-electron chi connectivity index (χ1n) is 10.0. The van der Waals surface area contributed by atoms with Crippen molar-refractivity contribution in [3.8, 4) is 22.5 Å². The predicted octanol–water partition coefficient (Wildman–Crippen LogP) is 6.65. The molecule has 0 aliphatic carbocycles. The molecule has 5 rings (SSSR count). The molecule has 0 saturated heterocycles. The summed E-state index contributed by atoms with van der Waals surface area (Å²) in [5.74, 6) is 0. The van der Waals surface area contributed by atoms with Crippen LogP contribution < -0.4 is 0 Å². The number of pyridine rings is 2. The lowest BCUT2D eigenvalue weighted by atomic mass is 9.99. The predicted molar refractivity (Wildman–Crippen MR) is 122 cm³/mol. The summed E-state index contributed by atoms with van der Waals surface area (Å²) in [7, 11) is 0. The minimum absolute atomic E-state index is 0.724. The Bertz CT molecular complexity index is 1180. The van der Waals surface area contributed by atoms with E-state index in [2.05, 4.69) is 94.8 Å². The van der Waals surface area contributed by atoms with Crippen LogP contribution in [0.25, 0.3) is 22.5 Å². The van der Waals surface area contributed by atoms with E-state index in [4.69, 9.17) is 9.97 Å². The summed E-state index contributed by atoms with van der Waals surface area (Å²) in [6.45, 7) is 0. The second-order valence-electron chi connectivity index (χ2n) is 7.61. The zero-order valence-electron chi connectivity index (χ0n) is 16.1. The van der Waals surface area contributed by atoms with Gasteiger partial charge in [0, 0.05) is 33.4 Å². The van der Waals surface area contributed by atoms with Gasteiger partial charge in [-0.1, -0.05) is 46.3 Å². The minimum atomic E-state index is 0.724. The molecule has 4 aromatic rings. The fraction of sp³-hybridized carbons (Fsp3) is 0.154. The quantitative estimate of drug-likeness (QED) is 0.305. The Kier molecular flexibility index (Phi) is 4.99. The van der Waals surface area contributed by atoms with Gasteiger partial charge < -0.3 is 0 Å². The van der Waals surface area contributed by atoms with Crippen molar-refractivity contribution in [1.82, 2.24) is 9.97 Å². The van der Waals surface area contributed by atoms with Gasteiger partial charge in [-0.2, -0.15) is 0 Å². The van der Waals surface area contributed by atoms with E-state index in [9.17, 15) is 0 Å². The number of hydrogen-bond donors (Lipinski definition) is 0. The fourth-order valence-electron chi connectivity index (χ4n) is 3.99. The highest BCUT2D eigenvalue weighted by atomic mass is 79.9. The van der Waals surface area contributed by atoms with Crippen LogP contribution in [-0.2, 0) is 19.3 Å². The van der Waals surface area contributed by atoms with Gasteiger partial charge >= 0.3 is 0 Å².